The Morgan fingerprint density at radius 1 is 1.70 bits per heavy atom. The number of carbonyl (C=O) groups is 1. The number of carbonyl (C=O) groups excluding carboxylic acids is 1. The Hall–Kier alpha value is -0.660. The van der Waals surface area contributed by atoms with Crippen molar-refractivity contribution in [1.29, 1.82) is 0 Å². The molecule has 0 aromatic heterocycles. The lowest BCUT2D eigenvalue weighted by atomic mass is 9.95. The number of aliphatic imine (C=N–C) groups is 1. The van der Waals surface area contributed by atoms with Crippen molar-refractivity contribution in [3.63, 3.8) is 0 Å². The molecule has 0 bridgehead atoms. The van der Waals surface area contributed by atoms with E-state index in [4.69, 9.17) is 0 Å². The van der Waals surface area contributed by atoms with Crippen LogP contribution in [0, 0.1) is 5.92 Å². The van der Waals surface area contributed by atoms with Crippen molar-refractivity contribution >= 4 is 11.5 Å². The molecular weight excluding hydrogens is 126 g/mol. The van der Waals surface area contributed by atoms with E-state index in [2.05, 4.69) is 4.99 Å². The standard InChI is InChI=1S/C8H13NO/c1-3-7-8(10)6(2)4-5-9-7/h6H,3-5H2,1-2H3. The van der Waals surface area contributed by atoms with Crippen molar-refractivity contribution in [2.45, 2.75) is 26.7 Å². The van der Waals surface area contributed by atoms with Gasteiger partial charge in [0.15, 0.2) is 5.78 Å². The van der Waals surface area contributed by atoms with E-state index in [1.807, 2.05) is 13.8 Å². The monoisotopic (exact) mass is 139 g/mol. The summed E-state index contributed by atoms with van der Waals surface area (Å²) in [4.78, 5) is 15.4. The van der Waals surface area contributed by atoms with Crippen LogP contribution >= 0.6 is 0 Å². The summed E-state index contributed by atoms with van der Waals surface area (Å²) in [5.41, 5.74) is 0.791. The Kier molecular flexibility index (Phi) is 2.20. The lowest BCUT2D eigenvalue weighted by Gasteiger charge is -2.15. The third kappa shape index (κ3) is 1.25. The molecule has 0 saturated heterocycles. The van der Waals surface area contributed by atoms with Gasteiger partial charge in [0.05, 0.1) is 5.71 Å². The van der Waals surface area contributed by atoms with Crippen molar-refractivity contribution < 1.29 is 4.79 Å². The molecule has 10 heavy (non-hydrogen) atoms. The Balaban J connectivity index is 2.72. The third-order valence-electron chi connectivity index (χ3n) is 1.93. The molecule has 0 radical (unpaired) electrons. The molecule has 0 fully saturated rings. The van der Waals surface area contributed by atoms with Crippen LogP contribution in [0.1, 0.15) is 26.7 Å². The Labute approximate surface area is 61.3 Å². The molecule has 0 aromatic carbocycles. The van der Waals surface area contributed by atoms with Gasteiger partial charge >= 0.3 is 0 Å². The van der Waals surface area contributed by atoms with Crippen LogP contribution in [0.25, 0.3) is 0 Å². The molecule has 1 atom stereocenters. The molecule has 0 aliphatic carbocycles. The zero-order valence-electron chi connectivity index (χ0n) is 6.55. The first-order valence-electron chi connectivity index (χ1n) is 3.83. The zero-order valence-corrected chi connectivity index (χ0v) is 6.55. The topological polar surface area (TPSA) is 29.4 Å². The van der Waals surface area contributed by atoms with Crippen LogP contribution in [0.4, 0.5) is 0 Å². The van der Waals surface area contributed by atoms with Gasteiger partial charge in [0.2, 0.25) is 0 Å². The Morgan fingerprint density at radius 2 is 2.40 bits per heavy atom. The molecule has 0 aromatic rings. The first kappa shape index (κ1) is 7.45. The van der Waals surface area contributed by atoms with E-state index in [1.54, 1.807) is 0 Å². The van der Waals surface area contributed by atoms with E-state index in [1.165, 1.54) is 0 Å². The summed E-state index contributed by atoms with van der Waals surface area (Å²) in [5.74, 6) is 0.473. The van der Waals surface area contributed by atoms with Crippen molar-refractivity contribution in [2.75, 3.05) is 6.54 Å². The minimum atomic E-state index is 0.215. The van der Waals surface area contributed by atoms with Gasteiger partial charge in [0.25, 0.3) is 0 Å². The largest absolute Gasteiger partial charge is 0.293 e. The highest BCUT2D eigenvalue weighted by Gasteiger charge is 2.20. The molecule has 1 aliphatic heterocycles. The van der Waals surface area contributed by atoms with E-state index in [-0.39, 0.29) is 11.7 Å². The summed E-state index contributed by atoms with van der Waals surface area (Å²) in [6, 6.07) is 0. The van der Waals surface area contributed by atoms with E-state index < -0.39 is 0 Å². The highest BCUT2D eigenvalue weighted by Crippen LogP contribution is 2.11. The average molecular weight is 139 g/mol. The highest BCUT2D eigenvalue weighted by molar-refractivity contribution is 6.40. The summed E-state index contributed by atoms with van der Waals surface area (Å²) >= 11 is 0. The second kappa shape index (κ2) is 2.95. The van der Waals surface area contributed by atoms with E-state index in [0.29, 0.717) is 0 Å². The van der Waals surface area contributed by atoms with Crippen LogP contribution in [0.2, 0.25) is 0 Å². The molecule has 2 heteroatoms. The first-order valence-corrected chi connectivity index (χ1v) is 3.83. The predicted molar refractivity (Wildman–Crippen MR) is 41.4 cm³/mol. The third-order valence-corrected chi connectivity index (χ3v) is 1.93. The molecule has 0 amide bonds. The number of rotatable bonds is 1. The summed E-state index contributed by atoms with van der Waals surface area (Å²) in [5, 5.41) is 0. The van der Waals surface area contributed by atoms with Crippen LogP contribution in [-0.2, 0) is 4.79 Å². The number of hydrogen-bond donors (Lipinski definition) is 0. The van der Waals surface area contributed by atoms with Crippen LogP contribution in [0.3, 0.4) is 0 Å². The van der Waals surface area contributed by atoms with Gasteiger partial charge in [-0.1, -0.05) is 13.8 Å². The highest BCUT2D eigenvalue weighted by atomic mass is 16.1. The van der Waals surface area contributed by atoms with E-state index in [9.17, 15) is 4.79 Å². The lowest BCUT2D eigenvalue weighted by molar-refractivity contribution is -0.116. The molecular formula is C8H13NO. The maximum atomic E-state index is 11.2. The Morgan fingerprint density at radius 3 is 2.90 bits per heavy atom. The molecule has 2 nitrogen and oxygen atoms in total. The van der Waals surface area contributed by atoms with Gasteiger partial charge in [-0.3, -0.25) is 9.79 Å². The van der Waals surface area contributed by atoms with Gasteiger partial charge in [-0.2, -0.15) is 0 Å². The van der Waals surface area contributed by atoms with Crippen molar-refractivity contribution in [2.24, 2.45) is 10.9 Å². The van der Waals surface area contributed by atoms with Crippen LogP contribution < -0.4 is 0 Å². The van der Waals surface area contributed by atoms with Gasteiger partial charge in [-0.05, 0) is 12.8 Å². The normalized spacial score (nSPS) is 26.4. The van der Waals surface area contributed by atoms with Gasteiger partial charge in [0.1, 0.15) is 0 Å². The number of ketones is 1. The molecule has 0 spiro atoms. The number of nitrogens with zero attached hydrogens (tertiary/aromatic N) is 1. The van der Waals surface area contributed by atoms with Crippen molar-refractivity contribution in [3.8, 4) is 0 Å². The summed E-state index contributed by atoms with van der Waals surface area (Å²) in [7, 11) is 0. The van der Waals surface area contributed by atoms with Gasteiger partial charge in [0, 0.05) is 12.5 Å². The van der Waals surface area contributed by atoms with Crippen LogP contribution in [0.15, 0.2) is 4.99 Å². The smallest absolute Gasteiger partial charge is 0.179 e. The Bertz CT molecular complexity index is 172. The average Bonchev–Trinajstić information content (AvgIpc) is 1.95. The number of Topliss-reactive ketones (excluding diaryl/α,β-unsaturated/α-hetero) is 1. The molecule has 0 N–H and O–H groups in total. The predicted octanol–water partition coefficient (Wildman–Crippen LogP) is 1.45. The molecule has 1 heterocycles. The van der Waals surface area contributed by atoms with Crippen molar-refractivity contribution in [3.05, 3.63) is 0 Å². The van der Waals surface area contributed by atoms with Gasteiger partial charge in [-0.15, -0.1) is 0 Å². The fourth-order valence-corrected chi connectivity index (χ4v) is 1.17. The maximum Gasteiger partial charge on any atom is 0.179 e. The lowest BCUT2D eigenvalue weighted by Crippen LogP contribution is -2.26. The molecule has 0 saturated carbocycles. The fraction of sp³-hybridized carbons (Fsp3) is 0.750. The van der Waals surface area contributed by atoms with E-state index >= 15 is 0 Å². The van der Waals surface area contributed by atoms with Crippen LogP contribution in [0.5, 0.6) is 0 Å². The second-order valence-electron chi connectivity index (χ2n) is 2.74. The summed E-state index contributed by atoms with van der Waals surface area (Å²) in [6.45, 7) is 4.80. The molecule has 1 unspecified atom stereocenters. The fourth-order valence-electron chi connectivity index (χ4n) is 1.17. The zero-order chi connectivity index (χ0) is 7.56. The minimum Gasteiger partial charge on any atom is -0.293 e. The molecule has 1 rings (SSSR count). The summed E-state index contributed by atoms with van der Waals surface area (Å²) < 4.78 is 0. The first-order chi connectivity index (χ1) is 4.75. The molecule has 56 valence electrons. The quantitative estimate of drug-likeness (QED) is 0.540. The van der Waals surface area contributed by atoms with Gasteiger partial charge < -0.3 is 0 Å². The minimum absolute atomic E-state index is 0.215. The summed E-state index contributed by atoms with van der Waals surface area (Å²) in [6.07, 6.45) is 1.73. The number of hydrogen-bond acceptors (Lipinski definition) is 2. The molecule has 1 aliphatic rings. The van der Waals surface area contributed by atoms with Gasteiger partial charge in [-0.25, -0.2) is 0 Å². The second-order valence-corrected chi connectivity index (χ2v) is 2.74. The maximum absolute atomic E-state index is 11.2. The van der Waals surface area contributed by atoms with Crippen molar-refractivity contribution in [1.82, 2.24) is 0 Å². The SMILES string of the molecule is CCC1=NCCC(C)C1=O. The van der Waals surface area contributed by atoms with Crippen LogP contribution in [-0.4, -0.2) is 18.0 Å². The van der Waals surface area contributed by atoms with E-state index in [0.717, 1.165) is 25.1 Å².